The van der Waals surface area contributed by atoms with Crippen molar-refractivity contribution in [1.29, 1.82) is 0 Å². The minimum atomic E-state index is -0.244. The lowest BCUT2D eigenvalue weighted by molar-refractivity contribution is 0.385. The van der Waals surface area contributed by atoms with Gasteiger partial charge in [0.2, 0.25) is 0 Å². The number of hydrogen-bond donors (Lipinski definition) is 1. The maximum atomic E-state index is 13.8. The van der Waals surface area contributed by atoms with Gasteiger partial charge in [0.25, 0.3) is 0 Å². The van der Waals surface area contributed by atoms with Gasteiger partial charge in [0, 0.05) is 17.0 Å². The van der Waals surface area contributed by atoms with E-state index in [0.29, 0.717) is 17.0 Å². The van der Waals surface area contributed by atoms with Gasteiger partial charge in [0.15, 0.2) is 0 Å². The van der Waals surface area contributed by atoms with Crippen molar-refractivity contribution in [3.63, 3.8) is 0 Å². The normalized spacial score (nSPS) is 14.2. The predicted molar refractivity (Wildman–Crippen MR) is 76.6 cm³/mol. The van der Waals surface area contributed by atoms with Crippen LogP contribution in [0.3, 0.4) is 0 Å². The van der Waals surface area contributed by atoms with Gasteiger partial charge >= 0.3 is 0 Å². The first-order chi connectivity index (χ1) is 8.50. The van der Waals surface area contributed by atoms with Crippen LogP contribution in [-0.4, -0.2) is 13.1 Å². The van der Waals surface area contributed by atoms with Gasteiger partial charge in [-0.2, -0.15) is 0 Å². The molecule has 0 aliphatic rings. The highest BCUT2D eigenvalue weighted by atomic mass is 35.5. The van der Waals surface area contributed by atoms with E-state index in [2.05, 4.69) is 25.7 Å². The molecule has 0 aliphatic heterocycles. The van der Waals surface area contributed by atoms with Gasteiger partial charge in [-0.15, -0.1) is 6.58 Å². The standard InChI is InChI=1S/C15H21ClFN/c1-4-8-18-11-15(3,5-2)10-12-6-7-13(16)9-14(12)17/h5-7,9,18H,2,4,8,10-11H2,1,3H3. The van der Waals surface area contributed by atoms with Gasteiger partial charge in [0.05, 0.1) is 0 Å². The van der Waals surface area contributed by atoms with Crippen molar-refractivity contribution in [3.8, 4) is 0 Å². The molecule has 0 radical (unpaired) electrons. The molecule has 0 heterocycles. The van der Waals surface area contributed by atoms with E-state index in [-0.39, 0.29) is 11.2 Å². The van der Waals surface area contributed by atoms with Gasteiger partial charge in [-0.1, -0.05) is 37.6 Å². The maximum absolute atomic E-state index is 13.8. The highest BCUT2D eigenvalue weighted by molar-refractivity contribution is 6.30. The Morgan fingerprint density at radius 1 is 1.50 bits per heavy atom. The molecule has 0 fully saturated rings. The lowest BCUT2D eigenvalue weighted by atomic mass is 9.83. The van der Waals surface area contributed by atoms with Crippen LogP contribution in [0.1, 0.15) is 25.8 Å². The van der Waals surface area contributed by atoms with E-state index in [4.69, 9.17) is 11.6 Å². The number of halogens is 2. The average molecular weight is 270 g/mol. The lowest BCUT2D eigenvalue weighted by Gasteiger charge is -2.26. The van der Waals surface area contributed by atoms with E-state index in [1.165, 1.54) is 6.07 Å². The maximum Gasteiger partial charge on any atom is 0.127 e. The van der Waals surface area contributed by atoms with Crippen molar-refractivity contribution < 1.29 is 4.39 Å². The van der Waals surface area contributed by atoms with Crippen LogP contribution in [-0.2, 0) is 6.42 Å². The van der Waals surface area contributed by atoms with E-state index in [1.807, 2.05) is 6.08 Å². The minimum Gasteiger partial charge on any atom is -0.316 e. The first-order valence-electron chi connectivity index (χ1n) is 6.29. The summed E-state index contributed by atoms with van der Waals surface area (Å²) >= 11 is 5.75. The number of rotatable bonds is 7. The van der Waals surface area contributed by atoms with Crippen LogP contribution in [0.5, 0.6) is 0 Å². The largest absolute Gasteiger partial charge is 0.316 e. The van der Waals surface area contributed by atoms with Gasteiger partial charge in [0.1, 0.15) is 5.82 Å². The Kier molecular flexibility index (Phi) is 5.83. The molecule has 100 valence electrons. The Labute approximate surface area is 114 Å². The zero-order valence-electron chi connectivity index (χ0n) is 11.1. The van der Waals surface area contributed by atoms with Crippen LogP contribution >= 0.6 is 11.6 Å². The van der Waals surface area contributed by atoms with Crippen molar-refractivity contribution in [2.45, 2.75) is 26.7 Å². The zero-order valence-corrected chi connectivity index (χ0v) is 11.9. The van der Waals surface area contributed by atoms with Crippen LogP contribution in [0, 0.1) is 11.2 Å². The molecule has 1 aromatic carbocycles. The smallest absolute Gasteiger partial charge is 0.127 e. The zero-order chi connectivity index (χ0) is 13.6. The molecule has 0 aliphatic carbocycles. The topological polar surface area (TPSA) is 12.0 Å². The number of benzene rings is 1. The number of hydrogen-bond acceptors (Lipinski definition) is 1. The third-order valence-corrected chi connectivity index (χ3v) is 3.29. The third kappa shape index (κ3) is 4.43. The van der Waals surface area contributed by atoms with Crippen molar-refractivity contribution in [3.05, 3.63) is 47.3 Å². The first-order valence-corrected chi connectivity index (χ1v) is 6.67. The Bertz CT molecular complexity index is 405. The fourth-order valence-corrected chi connectivity index (χ4v) is 2.02. The minimum absolute atomic E-state index is 0.149. The van der Waals surface area contributed by atoms with E-state index < -0.39 is 0 Å². The number of nitrogens with one attached hydrogen (secondary N) is 1. The molecule has 0 saturated carbocycles. The predicted octanol–water partition coefficient (Wildman–Crippen LogP) is 4.21. The lowest BCUT2D eigenvalue weighted by Crippen LogP contribution is -2.32. The summed E-state index contributed by atoms with van der Waals surface area (Å²) in [5, 5.41) is 3.79. The van der Waals surface area contributed by atoms with Crippen LogP contribution in [0.2, 0.25) is 5.02 Å². The summed E-state index contributed by atoms with van der Waals surface area (Å²) in [6, 6.07) is 4.84. The second-order valence-corrected chi connectivity index (χ2v) is 5.38. The molecule has 1 aromatic rings. The molecule has 1 rings (SSSR count). The molecular formula is C15H21ClFN. The second-order valence-electron chi connectivity index (χ2n) is 4.95. The summed E-state index contributed by atoms with van der Waals surface area (Å²) in [4.78, 5) is 0. The molecule has 1 N–H and O–H groups in total. The molecule has 0 bridgehead atoms. The molecule has 1 atom stereocenters. The summed E-state index contributed by atoms with van der Waals surface area (Å²) in [6.45, 7) is 9.83. The Hall–Kier alpha value is -0.860. The Balaban J connectivity index is 2.74. The molecule has 0 amide bonds. The van der Waals surface area contributed by atoms with Crippen molar-refractivity contribution in [1.82, 2.24) is 5.32 Å². The van der Waals surface area contributed by atoms with Crippen LogP contribution in [0.15, 0.2) is 30.9 Å². The van der Waals surface area contributed by atoms with Gasteiger partial charge in [-0.3, -0.25) is 0 Å². The van der Waals surface area contributed by atoms with Crippen molar-refractivity contribution >= 4 is 11.6 Å². The van der Waals surface area contributed by atoms with Crippen LogP contribution < -0.4 is 5.32 Å². The van der Waals surface area contributed by atoms with Gasteiger partial charge in [-0.05, 0) is 37.1 Å². The molecule has 18 heavy (non-hydrogen) atoms. The first kappa shape index (κ1) is 15.2. The van der Waals surface area contributed by atoms with E-state index in [1.54, 1.807) is 12.1 Å². The molecule has 3 heteroatoms. The van der Waals surface area contributed by atoms with Crippen molar-refractivity contribution in [2.75, 3.05) is 13.1 Å². The molecule has 0 aromatic heterocycles. The molecule has 1 unspecified atom stereocenters. The van der Waals surface area contributed by atoms with Gasteiger partial charge < -0.3 is 5.32 Å². The molecule has 1 nitrogen and oxygen atoms in total. The molecule has 0 saturated heterocycles. The summed E-state index contributed by atoms with van der Waals surface area (Å²) in [5.74, 6) is -0.244. The summed E-state index contributed by atoms with van der Waals surface area (Å²) < 4.78 is 13.8. The average Bonchev–Trinajstić information content (AvgIpc) is 2.33. The second kappa shape index (κ2) is 6.91. The quantitative estimate of drug-likeness (QED) is 0.577. The highest BCUT2D eigenvalue weighted by Crippen LogP contribution is 2.26. The molecular weight excluding hydrogens is 249 g/mol. The van der Waals surface area contributed by atoms with E-state index in [0.717, 1.165) is 19.5 Å². The highest BCUT2D eigenvalue weighted by Gasteiger charge is 2.22. The van der Waals surface area contributed by atoms with E-state index in [9.17, 15) is 4.39 Å². The van der Waals surface area contributed by atoms with Gasteiger partial charge in [-0.25, -0.2) is 4.39 Å². The SMILES string of the molecule is C=CC(C)(CNCCC)Cc1ccc(Cl)cc1F. The van der Waals surface area contributed by atoms with E-state index >= 15 is 0 Å². The summed E-state index contributed by atoms with van der Waals surface area (Å²) in [5.41, 5.74) is 0.532. The van der Waals surface area contributed by atoms with Crippen molar-refractivity contribution in [2.24, 2.45) is 5.41 Å². The fourth-order valence-electron chi connectivity index (χ4n) is 1.86. The summed E-state index contributed by atoms with van der Waals surface area (Å²) in [7, 11) is 0. The molecule has 0 spiro atoms. The fraction of sp³-hybridized carbons (Fsp3) is 0.467. The van der Waals surface area contributed by atoms with Crippen LogP contribution in [0.25, 0.3) is 0 Å². The van der Waals surface area contributed by atoms with Crippen LogP contribution in [0.4, 0.5) is 4.39 Å². The monoisotopic (exact) mass is 269 g/mol. The summed E-state index contributed by atoms with van der Waals surface area (Å²) in [6.07, 6.45) is 3.60. The Morgan fingerprint density at radius 3 is 2.78 bits per heavy atom. The third-order valence-electron chi connectivity index (χ3n) is 3.06. The Morgan fingerprint density at radius 2 is 2.22 bits per heavy atom.